The molecule has 0 fully saturated rings. The Bertz CT molecular complexity index is 1140. The van der Waals surface area contributed by atoms with Gasteiger partial charge in [-0.05, 0) is 106 Å². The first-order chi connectivity index (χ1) is 17.2. The van der Waals surface area contributed by atoms with Gasteiger partial charge in [0, 0.05) is 23.1 Å². The molecule has 0 aliphatic heterocycles. The van der Waals surface area contributed by atoms with Crippen LogP contribution in [-0.4, -0.2) is 33.2 Å². The van der Waals surface area contributed by atoms with Gasteiger partial charge in [0.05, 0.1) is 14.2 Å². The molecule has 0 spiro atoms. The molecule has 4 aromatic carbocycles. The number of ether oxygens (including phenoxy) is 2. The van der Waals surface area contributed by atoms with Crippen LogP contribution in [0.15, 0.2) is 72.8 Å². The maximum Gasteiger partial charge on any atom is 0.124 e. The molecule has 0 amide bonds. The second kappa shape index (κ2) is 14.0. The van der Waals surface area contributed by atoms with Crippen LogP contribution in [0.5, 0.6) is 11.5 Å². The van der Waals surface area contributed by atoms with Crippen molar-refractivity contribution >= 4 is 23.8 Å². The predicted octanol–water partition coefficient (Wildman–Crippen LogP) is 6.44. The minimum absolute atomic E-state index is 0. The van der Waals surface area contributed by atoms with E-state index in [1.54, 1.807) is 14.2 Å². The fourth-order valence-corrected chi connectivity index (χ4v) is 7.66. The van der Waals surface area contributed by atoms with Gasteiger partial charge in [-0.15, -0.1) is 10.9 Å². The molecule has 0 radical (unpaired) electrons. The molecule has 0 saturated heterocycles. The largest absolute Gasteiger partial charge is 0.748 e. The minimum atomic E-state index is -0.724. The average Bonchev–Trinajstić information content (AvgIpc) is 3.54. The summed E-state index contributed by atoms with van der Waals surface area (Å²) in [7, 11) is 7.07. The van der Waals surface area contributed by atoms with Crippen molar-refractivity contribution in [3.63, 3.8) is 0 Å². The minimum Gasteiger partial charge on any atom is -0.748 e. The summed E-state index contributed by atoms with van der Waals surface area (Å²) in [6, 6.07) is 26.4. The van der Waals surface area contributed by atoms with Crippen LogP contribution in [0, 0.1) is 27.7 Å². The molecule has 4 aromatic rings. The number of hydrogen-bond donors (Lipinski definition) is 0. The number of nitrogens with zero attached hydrogens (tertiary/aromatic N) is 1. The smallest absolute Gasteiger partial charge is 0.124 e. The van der Waals surface area contributed by atoms with Gasteiger partial charge < -0.3 is 44.7 Å². The van der Waals surface area contributed by atoms with Crippen LogP contribution in [0.1, 0.15) is 40.8 Å². The van der Waals surface area contributed by atoms with E-state index in [-0.39, 0.29) is 17.1 Å². The quantitative estimate of drug-likeness (QED) is 0.148. The van der Waals surface area contributed by atoms with Crippen LogP contribution in [0.25, 0.3) is 0 Å². The van der Waals surface area contributed by atoms with Crippen molar-refractivity contribution < 1.29 is 26.5 Å². The first kappa shape index (κ1) is 30.9. The average molecular weight is 557 g/mol. The molecule has 204 valence electrons. The zero-order valence-electron chi connectivity index (χ0n) is 23.6. The van der Waals surface area contributed by atoms with Gasteiger partial charge in [0.2, 0.25) is 0 Å². The molecule has 0 heterocycles. The maximum atomic E-state index is 5.65. The van der Waals surface area contributed by atoms with Gasteiger partial charge in [0.15, 0.2) is 0 Å². The van der Waals surface area contributed by atoms with Crippen molar-refractivity contribution in [1.82, 2.24) is 4.90 Å². The third-order valence-corrected chi connectivity index (χ3v) is 9.10. The Labute approximate surface area is 235 Å². The Kier molecular flexibility index (Phi) is 11.7. The van der Waals surface area contributed by atoms with Crippen molar-refractivity contribution in [3.8, 4) is 11.5 Å². The Hall–Kier alpha value is -2.35. The Morgan fingerprint density at radius 2 is 1.14 bits per heavy atom. The van der Waals surface area contributed by atoms with E-state index in [4.69, 9.17) is 9.47 Å². The van der Waals surface area contributed by atoms with Crippen molar-refractivity contribution in [3.05, 3.63) is 101 Å². The summed E-state index contributed by atoms with van der Waals surface area (Å²) in [6.07, 6.45) is 0. The fraction of sp³-hybridized carbons (Fsp3) is 0.312. The normalized spacial score (nSPS) is 11.5. The summed E-state index contributed by atoms with van der Waals surface area (Å²) in [6.45, 7) is 10.8. The molecule has 5 heteroatoms. The SMILES string of the molecule is COc1c(C)cc(P(c2cc(C)c(OC)c(C)c2)[c-]2cccc2C(C)N(C)C)cc1C.[Fe].[cH-]1[cH-][cH-][cH-][cH-]1. The summed E-state index contributed by atoms with van der Waals surface area (Å²) in [4.78, 5) is 2.28. The molecule has 0 aromatic heterocycles. The third-order valence-electron chi connectivity index (χ3n) is 6.66. The van der Waals surface area contributed by atoms with Gasteiger partial charge >= 0.3 is 0 Å². The van der Waals surface area contributed by atoms with Crippen molar-refractivity contribution in [2.45, 2.75) is 40.7 Å². The predicted molar refractivity (Wildman–Crippen MR) is 157 cm³/mol. The first-order valence-corrected chi connectivity index (χ1v) is 13.7. The summed E-state index contributed by atoms with van der Waals surface area (Å²) in [5.74, 6) is 1.95. The molecule has 3 nitrogen and oxygen atoms in total. The van der Waals surface area contributed by atoms with Gasteiger partial charge in [0.25, 0.3) is 0 Å². The Balaban J connectivity index is 0.000000716. The van der Waals surface area contributed by atoms with Crippen LogP contribution in [0.4, 0.5) is 0 Å². The van der Waals surface area contributed by atoms with Gasteiger partial charge in [-0.2, -0.15) is 6.07 Å². The molecule has 37 heavy (non-hydrogen) atoms. The fourth-order valence-electron chi connectivity index (χ4n) is 4.76. The maximum absolute atomic E-state index is 5.65. The van der Waals surface area contributed by atoms with E-state index in [9.17, 15) is 0 Å². The van der Waals surface area contributed by atoms with Crippen LogP contribution < -0.4 is 25.4 Å². The van der Waals surface area contributed by atoms with Gasteiger partial charge in [-0.1, -0.05) is 7.92 Å². The molecule has 0 aliphatic rings. The summed E-state index contributed by atoms with van der Waals surface area (Å²) in [5.41, 5.74) is 6.12. The van der Waals surface area contributed by atoms with E-state index in [1.165, 1.54) is 43.7 Å². The molecule has 0 bridgehead atoms. The van der Waals surface area contributed by atoms with E-state index in [0.717, 1.165) is 11.5 Å². The molecule has 1 unspecified atom stereocenters. The molecule has 0 N–H and O–H groups in total. The summed E-state index contributed by atoms with van der Waals surface area (Å²) < 4.78 is 11.3. The van der Waals surface area contributed by atoms with Crippen molar-refractivity contribution in [2.75, 3.05) is 28.3 Å². The van der Waals surface area contributed by atoms with Crippen molar-refractivity contribution in [2.24, 2.45) is 0 Å². The van der Waals surface area contributed by atoms with E-state index in [2.05, 4.69) is 96.1 Å². The van der Waals surface area contributed by atoms with Gasteiger partial charge in [-0.3, -0.25) is 0 Å². The second-order valence-corrected chi connectivity index (χ2v) is 11.7. The first-order valence-electron chi connectivity index (χ1n) is 12.4. The molecular weight excluding hydrogens is 517 g/mol. The van der Waals surface area contributed by atoms with Crippen molar-refractivity contribution in [1.29, 1.82) is 0 Å². The Morgan fingerprint density at radius 3 is 1.46 bits per heavy atom. The summed E-state index contributed by atoms with van der Waals surface area (Å²) >= 11 is 0. The monoisotopic (exact) mass is 557 g/mol. The van der Waals surface area contributed by atoms with E-state index < -0.39 is 7.92 Å². The van der Waals surface area contributed by atoms with E-state index in [1.807, 2.05) is 30.3 Å². The van der Waals surface area contributed by atoms with Crippen LogP contribution >= 0.6 is 7.92 Å². The van der Waals surface area contributed by atoms with Crippen LogP contribution in [-0.2, 0) is 17.1 Å². The van der Waals surface area contributed by atoms with Gasteiger partial charge in [0.1, 0.15) is 11.5 Å². The number of aryl methyl sites for hydroxylation is 4. The zero-order chi connectivity index (χ0) is 26.4. The zero-order valence-corrected chi connectivity index (χ0v) is 25.6. The van der Waals surface area contributed by atoms with E-state index in [0.29, 0.717) is 6.04 Å². The second-order valence-electron chi connectivity index (χ2n) is 9.53. The molecular formula is C32H40FeNO2P-6. The molecule has 0 saturated carbocycles. The molecule has 0 aliphatic carbocycles. The van der Waals surface area contributed by atoms with Crippen LogP contribution in [0.3, 0.4) is 0 Å². The van der Waals surface area contributed by atoms with Gasteiger partial charge in [-0.25, -0.2) is 12.1 Å². The number of methoxy groups -OCH3 is 2. The Morgan fingerprint density at radius 1 is 0.757 bits per heavy atom. The summed E-state index contributed by atoms with van der Waals surface area (Å²) in [5, 5.41) is 4.13. The number of benzene rings is 2. The third kappa shape index (κ3) is 7.15. The standard InChI is InChI=1S/C27H35NO2P.C5H5.Fe/c1-17-13-22(14-18(2)26(17)29-8)31(23-15-19(3)27(30-9)20(4)16-23)25-12-10-11-24(25)21(5)28(6)7;1-2-4-5-3-1;/h10-16,21H,1-9H3;1-5H;/q-1;-5;. The molecule has 4 rings (SSSR count). The number of hydrogen-bond acceptors (Lipinski definition) is 3. The number of rotatable bonds is 7. The van der Waals surface area contributed by atoms with E-state index >= 15 is 0 Å². The van der Waals surface area contributed by atoms with Crippen LogP contribution in [0.2, 0.25) is 0 Å². The topological polar surface area (TPSA) is 21.7 Å². The molecule has 1 atom stereocenters.